The minimum atomic E-state index is -5.07. The van der Waals surface area contributed by atoms with Crippen LogP contribution in [0.3, 0.4) is 0 Å². The summed E-state index contributed by atoms with van der Waals surface area (Å²) in [6.45, 7) is -0.144. The number of phosphoric acid groups is 2. The third kappa shape index (κ3) is 8.00. The van der Waals surface area contributed by atoms with Gasteiger partial charge in [0.1, 0.15) is 48.3 Å². The van der Waals surface area contributed by atoms with Crippen LogP contribution in [-0.4, -0.2) is 104 Å². The molecular formula is C22H32N10O13P2. The van der Waals surface area contributed by atoms with Gasteiger partial charge in [-0.1, -0.05) is 0 Å². The SMILES string of the molecule is C[C@H](N)C(=O)N[C@H]1[C@@H](O)[C@H](n2cnc3c(N)ncnc32)O[C@@H]1COP(=O)(O)O[C@H]1C[C@H](n2ccc(N)nc2=O)O[C@@H]1COP(=O)(O)O. The lowest BCUT2D eigenvalue weighted by Gasteiger charge is -2.24. The minimum absolute atomic E-state index is 0.0569. The summed E-state index contributed by atoms with van der Waals surface area (Å²) < 4.78 is 53.4. The van der Waals surface area contributed by atoms with Crippen molar-refractivity contribution in [1.29, 1.82) is 0 Å². The zero-order valence-electron chi connectivity index (χ0n) is 24.3. The number of ether oxygens (including phenoxy) is 2. The number of amides is 1. The number of aliphatic hydroxyl groups excluding tert-OH is 1. The average Bonchev–Trinajstić information content (AvgIpc) is 3.66. The maximum absolute atomic E-state index is 13.2. The van der Waals surface area contributed by atoms with Crippen LogP contribution < -0.4 is 28.2 Å². The van der Waals surface area contributed by atoms with E-state index in [0.29, 0.717) is 0 Å². The number of nitrogens with one attached hydrogen (secondary N) is 1. The van der Waals surface area contributed by atoms with Crippen LogP contribution in [0.1, 0.15) is 25.8 Å². The van der Waals surface area contributed by atoms with Gasteiger partial charge in [-0.05, 0) is 13.0 Å². The number of rotatable bonds is 12. The molecular weight excluding hydrogens is 674 g/mol. The first-order valence-corrected chi connectivity index (χ1v) is 16.7. The number of nitrogens with two attached hydrogens (primary N) is 3. The molecule has 2 saturated heterocycles. The van der Waals surface area contributed by atoms with Crippen molar-refractivity contribution in [1.82, 2.24) is 34.4 Å². The van der Waals surface area contributed by atoms with E-state index in [1.54, 1.807) is 0 Å². The van der Waals surface area contributed by atoms with Crippen molar-refractivity contribution in [2.75, 3.05) is 24.7 Å². The Morgan fingerprint density at radius 2 is 1.85 bits per heavy atom. The average molecular weight is 707 g/mol. The molecule has 9 atom stereocenters. The number of carbonyl (C=O) groups is 1. The number of nitrogens with zero attached hydrogens (tertiary/aromatic N) is 6. The molecule has 23 nitrogen and oxygen atoms in total. The Morgan fingerprint density at radius 1 is 1.13 bits per heavy atom. The molecule has 0 radical (unpaired) electrons. The van der Waals surface area contributed by atoms with E-state index < -0.39 is 89.4 Å². The molecule has 0 aliphatic carbocycles. The van der Waals surface area contributed by atoms with Crippen molar-refractivity contribution in [3.05, 3.63) is 35.4 Å². The molecule has 3 aromatic heterocycles. The molecule has 0 saturated carbocycles. The molecule has 0 bridgehead atoms. The zero-order chi connectivity index (χ0) is 34.3. The van der Waals surface area contributed by atoms with Crippen molar-refractivity contribution in [2.24, 2.45) is 5.73 Å². The van der Waals surface area contributed by atoms with Crippen molar-refractivity contribution in [3.63, 3.8) is 0 Å². The Morgan fingerprint density at radius 3 is 2.53 bits per heavy atom. The molecule has 2 aliphatic rings. The Kier molecular flexibility index (Phi) is 10.1. The second-order valence-electron chi connectivity index (χ2n) is 10.6. The normalized spacial score (nSPS) is 28.3. The van der Waals surface area contributed by atoms with Gasteiger partial charge in [0.25, 0.3) is 0 Å². The molecule has 5 heterocycles. The molecule has 2 aliphatic heterocycles. The van der Waals surface area contributed by atoms with E-state index in [0.717, 1.165) is 4.57 Å². The van der Waals surface area contributed by atoms with Gasteiger partial charge in [-0.3, -0.25) is 27.5 Å². The summed E-state index contributed by atoms with van der Waals surface area (Å²) in [6, 6.07) is -0.940. The standard InChI is InChI=1S/C22H32N10O13P2/c1-9(23)20(34)30-15-12(44-21(17(15)33)32-8-28-16-18(25)26-7-27-19(16)32)6-42-47(39,40)45-10-4-14(31-3-2-13(24)29-22(31)35)43-11(10)5-41-46(36,37)38/h2-3,7-12,14-15,17,21,33H,4-6,23H2,1H3,(H,30,34)(H,39,40)(H2,24,29,35)(H2,25,26,27)(H2,36,37,38)/t9-,10-,11+,12+,14+,15+,17+,21+/m0/s1. The van der Waals surface area contributed by atoms with Crippen molar-refractivity contribution in [3.8, 4) is 0 Å². The highest BCUT2D eigenvalue weighted by Gasteiger charge is 2.48. The number of phosphoric ester groups is 2. The summed E-state index contributed by atoms with van der Waals surface area (Å²) in [4.78, 5) is 69.5. The summed E-state index contributed by atoms with van der Waals surface area (Å²) in [5.74, 6) is -0.702. The lowest BCUT2D eigenvalue weighted by Crippen LogP contribution is -2.52. The molecule has 47 heavy (non-hydrogen) atoms. The predicted molar refractivity (Wildman–Crippen MR) is 155 cm³/mol. The van der Waals surface area contributed by atoms with Crippen molar-refractivity contribution in [2.45, 2.75) is 62.3 Å². The molecule has 5 rings (SSSR count). The summed E-state index contributed by atoms with van der Waals surface area (Å²) in [5, 5.41) is 13.7. The summed E-state index contributed by atoms with van der Waals surface area (Å²) >= 11 is 0. The highest BCUT2D eigenvalue weighted by atomic mass is 31.2. The second kappa shape index (κ2) is 13.6. The van der Waals surface area contributed by atoms with Crippen molar-refractivity contribution >= 4 is 44.4 Å². The number of carbonyl (C=O) groups excluding carboxylic acids is 1. The van der Waals surface area contributed by atoms with E-state index in [1.807, 2.05) is 0 Å². The van der Waals surface area contributed by atoms with Crippen LogP contribution in [0.4, 0.5) is 11.6 Å². The Hall–Kier alpha value is -3.44. The molecule has 11 N–H and O–H groups in total. The second-order valence-corrected chi connectivity index (χ2v) is 13.2. The van der Waals surface area contributed by atoms with E-state index in [4.69, 9.17) is 45.5 Å². The van der Waals surface area contributed by atoms with Gasteiger partial charge in [0.15, 0.2) is 17.7 Å². The fraction of sp³-hybridized carbons (Fsp3) is 0.545. The minimum Gasteiger partial charge on any atom is -0.386 e. The van der Waals surface area contributed by atoms with Crippen LogP contribution in [0.25, 0.3) is 11.2 Å². The molecule has 258 valence electrons. The first kappa shape index (κ1) is 34.9. The van der Waals surface area contributed by atoms with E-state index in [1.165, 1.54) is 36.4 Å². The summed E-state index contributed by atoms with van der Waals surface area (Å²) in [6.07, 6.45) is -4.57. The van der Waals surface area contributed by atoms with Gasteiger partial charge in [-0.15, -0.1) is 0 Å². The third-order valence-corrected chi connectivity index (χ3v) is 8.68. The van der Waals surface area contributed by atoms with E-state index >= 15 is 0 Å². The van der Waals surface area contributed by atoms with E-state index in [2.05, 4.69) is 29.8 Å². The maximum atomic E-state index is 13.2. The van der Waals surface area contributed by atoms with Crippen LogP contribution in [-0.2, 0) is 37.0 Å². The smallest absolute Gasteiger partial charge is 0.386 e. The van der Waals surface area contributed by atoms with Crippen LogP contribution in [0.15, 0.2) is 29.7 Å². The lowest BCUT2D eigenvalue weighted by molar-refractivity contribution is -0.123. The first-order chi connectivity index (χ1) is 22.0. The van der Waals surface area contributed by atoms with E-state index in [9.17, 15) is 28.7 Å². The van der Waals surface area contributed by atoms with Crippen LogP contribution in [0, 0.1) is 0 Å². The molecule has 3 aromatic rings. The van der Waals surface area contributed by atoms with Gasteiger partial charge < -0.3 is 51.8 Å². The van der Waals surface area contributed by atoms with Gasteiger partial charge in [0.05, 0.1) is 31.6 Å². The molecule has 2 fully saturated rings. The monoisotopic (exact) mass is 706 g/mol. The summed E-state index contributed by atoms with van der Waals surface area (Å²) in [7, 11) is -10.1. The van der Waals surface area contributed by atoms with Gasteiger partial charge in [-0.25, -0.2) is 28.9 Å². The number of aliphatic hydroxyl groups is 1. The zero-order valence-corrected chi connectivity index (χ0v) is 26.1. The van der Waals surface area contributed by atoms with Gasteiger partial charge in [0.2, 0.25) is 5.91 Å². The number of hydrogen-bond acceptors (Lipinski definition) is 17. The number of aromatic nitrogens is 6. The molecule has 1 amide bonds. The number of fused-ring (bicyclic) bond motifs is 1. The van der Waals surface area contributed by atoms with Crippen LogP contribution >= 0.6 is 15.6 Å². The van der Waals surface area contributed by atoms with Gasteiger partial charge in [0, 0.05) is 12.6 Å². The Labute approximate surface area is 263 Å². The number of nitrogen functional groups attached to an aromatic ring is 2. The highest BCUT2D eigenvalue weighted by Crippen LogP contribution is 2.49. The number of anilines is 2. The van der Waals surface area contributed by atoms with E-state index in [-0.39, 0.29) is 29.2 Å². The van der Waals surface area contributed by atoms with Crippen molar-refractivity contribution < 1.29 is 56.8 Å². The molecule has 25 heteroatoms. The van der Waals surface area contributed by atoms with Crippen LogP contribution in [0.2, 0.25) is 0 Å². The quantitative estimate of drug-likeness (QED) is 0.0884. The maximum Gasteiger partial charge on any atom is 0.472 e. The Balaban J connectivity index is 1.33. The fourth-order valence-electron chi connectivity index (χ4n) is 4.96. The largest absolute Gasteiger partial charge is 0.472 e. The number of hydrogen-bond donors (Lipinski definition) is 8. The van der Waals surface area contributed by atoms with Gasteiger partial charge in [-0.2, -0.15) is 4.98 Å². The topological polar surface area (TPSA) is 347 Å². The Bertz CT molecular complexity index is 1770. The van der Waals surface area contributed by atoms with Crippen LogP contribution in [0.5, 0.6) is 0 Å². The summed E-state index contributed by atoms with van der Waals surface area (Å²) in [5.41, 5.74) is 16.6. The molecule has 0 aromatic carbocycles. The third-order valence-electron chi connectivity index (χ3n) is 7.18. The predicted octanol–water partition coefficient (Wildman–Crippen LogP) is -2.76. The highest BCUT2D eigenvalue weighted by molar-refractivity contribution is 7.47. The van der Waals surface area contributed by atoms with Gasteiger partial charge >= 0.3 is 21.3 Å². The molecule has 0 spiro atoms. The number of imidazole rings is 1. The first-order valence-electron chi connectivity index (χ1n) is 13.7. The molecule has 1 unspecified atom stereocenters. The lowest BCUT2D eigenvalue weighted by atomic mass is 10.1. The fourth-order valence-corrected chi connectivity index (χ4v) is 6.26.